The molecule has 0 unspecified atom stereocenters. The van der Waals surface area contributed by atoms with Gasteiger partial charge in [-0.3, -0.25) is 15.6 Å². The quantitative estimate of drug-likeness (QED) is 0.574. The number of hydrogen-bond donors (Lipinski definition) is 3. The predicted octanol–water partition coefficient (Wildman–Crippen LogP) is 2.67. The van der Waals surface area contributed by atoms with Crippen LogP contribution in [0.1, 0.15) is 39.5 Å². The predicted molar refractivity (Wildman–Crippen MR) is 94.9 cm³/mol. The van der Waals surface area contributed by atoms with Gasteiger partial charge in [-0.25, -0.2) is 4.39 Å². The average Bonchev–Trinajstić information content (AvgIpc) is 2.56. The number of hydrogen-bond acceptors (Lipinski definition) is 3. The van der Waals surface area contributed by atoms with Gasteiger partial charge in [0.25, 0.3) is 5.91 Å². The number of carbonyl (C=O) groups is 1. The Labute approximate surface area is 147 Å². The number of para-hydroxylation sites is 1. The third-order valence-electron chi connectivity index (χ3n) is 4.24. The van der Waals surface area contributed by atoms with Crippen molar-refractivity contribution in [3.63, 3.8) is 0 Å². The summed E-state index contributed by atoms with van der Waals surface area (Å²) in [4.78, 5) is 12.0. The maximum Gasteiger partial charge on any atom is 0.279 e. The van der Waals surface area contributed by atoms with Crippen LogP contribution in [0.25, 0.3) is 0 Å². The summed E-state index contributed by atoms with van der Waals surface area (Å²) < 4.78 is 18.8. The second-order valence-corrected chi connectivity index (χ2v) is 6.55. The van der Waals surface area contributed by atoms with Gasteiger partial charge in [0.2, 0.25) is 0 Å². The van der Waals surface area contributed by atoms with E-state index in [0.717, 1.165) is 6.42 Å². The molecule has 3 N–H and O–H groups in total. The lowest BCUT2D eigenvalue weighted by molar-refractivity contribution is -0.127. The summed E-state index contributed by atoms with van der Waals surface area (Å²) in [6.07, 6.45) is 3.83. The van der Waals surface area contributed by atoms with Gasteiger partial charge in [-0.05, 0) is 50.0 Å². The average molecular weight is 353 g/mol. The Morgan fingerprint density at radius 2 is 2.00 bits per heavy atom. The Morgan fingerprint density at radius 3 is 2.71 bits per heavy atom. The van der Waals surface area contributed by atoms with E-state index in [1.165, 1.54) is 31.4 Å². The molecule has 0 bridgehead atoms. The molecule has 1 aliphatic rings. The molecule has 132 valence electrons. The molecule has 0 aliphatic heterocycles. The van der Waals surface area contributed by atoms with Crippen molar-refractivity contribution in [2.45, 2.75) is 51.7 Å². The minimum Gasteiger partial charge on any atom is -0.478 e. The molecule has 0 aromatic heterocycles. The molecule has 0 heterocycles. The number of nitrogens with one attached hydrogen (secondary N) is 3. The lowest BCUT2D eigenvalue weighted by atomic mass is 9.86. The number of carbonyl (C=O) groups excluding carboxylic acids is 1. The van der Waals surface area contributed by atoms with E-state index < -0.39 is 17.8 Å². The summed E-state index contributed by atoms with van der Waals surface area (Å²) in [7, 11) is 0. The lowest BCUT2D eigenvalue weighted by Gasteiger charge is -2.30. The molecule has 5 nitrogen and oxygen atoms in total. The van der Waals surface area contributed by atoms with Gasteiger partial charge < -0.3 is 10.1 Å². The van der Waals surface area contributed by atoms with E-state index in [9.17, 15) is 9.18 Å². The molecule has 1 aliphatic carbocycles. The van der Waals surface area contributed by atoms with Gasteiger partial charge in [0.05, 0.1) is 0 Å². The summed E-state index contributed by atoms with van der Waals surface area (Å²) in [5, 5.41) is 3.60. The molecule has 1 saturated carbocycles. The second-order valence-electron chi connectivity index (χ2n) is 6.15. The topological polar surface area (TPSA) is 62.4 Å². The lowest BCUT2D eigenvalue weighted by Crippen LogP contribution is -2.53. The standard InChI is InChI=1S/C17H24FN3O2S/c1-11-7-3-5-9-14(11)19-17(24)21-20-16(22)12(2)23-15-10-6-4-8-13(15)18/h4,6,8,10-12,14H,3,5,7,9H2,1-2H3,(H,20,22)(H2,19,21,24)/t11-,12-,14+/m1/s1. The van der Waals surface area contributed by atoms with E-state index in [2.05, 4.69) is 23.1 Å². The monoisotopic (exact) mass is 353 g/mol. The number of hydrazine groups is 1. The van der Waals surface area contributed by atoms with Crippen molar-refractivity contribution in [3.05, 3.63) is 30.1 Å². The van der Waals surface area contributed by atoms with Gasteiger partial charge in [0.15, 0.2) is 22.8 Å². The van der Waals surface area contributed by atoms with Crippen LogP contribution in [0.3, 0.4) is 0 Å². The van der Waals surface area contributed by atoms with Crippen LogP contribution < -0.4 is 20.9 Å². The van der Waals surface area contributed by atoms with Gasteiger partial charge in [0.1, 0.15) is 0 Å². The molecule has 1 amide bonds. The maximum atomic E-state index is 13.5. The van der Waals surface area contributed by atoms with E-state index in [1.807, 2.05) is 0 Å². The summed E-state index contributed by atoms with van der Waals surface area (Å²) in [6.45, 7) is 3.74. The summed E-state index contributed by atoms with van der Waals surface area (Å²) in [5.41, 5.74) is 5.16. The first-order chi connectivity index (χ1) is 11.5. The number of benzene rings is 1. The molecule has 3 atom stereocenters. The molecule has 1 aromatic carbocycles. The van der Waals surface area contributed by atoms with Gasteiger partial charge >= 0.3 is 0 Å². The number of halogens is 1. The molecule has 1 fully saturated rings. The number of rotatable bonds is 4. The first kappa shape index (κ1) is 18.4. The Morgan fingerprint density at radius 1 is 1.29 bits per heavy atom. The minimum atomic E-state index is -0.856. The molecule has 7 heteroatoms. The highest BCUT2D eigenvalue weighted by atomic mass is 32.1. The molecule has 0 saturated heterocycles. The van der Waals surface area contributed by atoms with Crippen molar-refractivity contribution in [2.75, 3.05) is 0 Å². The fourth-order valence-electron chi connectivity index (χ4n) is 2.74. The number of thiocarbonyl (C=S) groups is 1. The summed E-state index contributed by atoms with van der Waals surface area (Å²) >= 11 is 5.21. The van der Waals surface area contributed by atoms with Crippen LogP contribution in [-0.4, -0.2) is 23.2 Å². The normalized spacial score (nSPS) is 21.5. The first-order valence-electron chi connectivity index (χ1n) is 8.25. The molecular formula is C17H24FN3O2S. The van der Waals surface area contributed by atoms with Crippen molar-refractivity contribution in [1.29, 1.82) is 0 Å². The highest BCUT2D eigenvalue weighted by Gasteiger charge is 2.22. The first-order valence-corrected chi connectivity index (χ1v) is 8.65. The van der Waals surface area contributed by atoms with Crippen molar-refractivity contribution in [1.82, 2.24) is 16.2 Å². The minimum absolute atomic E-state index is 0.0388. The second kappa shape index (κ2) is 8.82. The van der Waals surface area contributed by atoms with Crippen molar-refractivity contribution < 1.29 is 13.9 Å². The molecule has 0 spiro atoms. The zero-order chi connectivity index (χ0) is 17.5. The van der Waals surface area contributed by atoms with Gasteiger partial charge in [-0.1, -0.05) is 31.9 Å². The zero-order valence-electron chi connectivity index (χ0n) is 14.0. The molecular weight excluding hydrogens is 329 g/mol. The molecule has 2 rings (SSSR count). The van der Waals surface area contributed by atoms with Crippen LogP contribution in [0.15, 0.2) is 24.3 Å². The van der Waals surface area contributed by atoms with E-state index in [4.69, 9.17) is 17.0 Å². The smallest absolute Gasteiger partial charge is 0.279 e. The molecule has 1 aromatic rings. The SMILES string of the molecule is C[C@@H]1CCCC[C@@H]1NC(=S)NNC(=O)[C@@H](C)Oc1ccccc1F. The van der Waals surface area contributed by atoms with Crippen LogP contribution in [0, 0.1) is 11.7 Å². The van der Waals surface area contributed by atoms with Gasteiger partial charge in [0, 0.05) is 6.04 Å². The van der Waals surface area contributed by atoms with E-state index in [1.54, 1.807) is 19.1 Å². The Bertz CT molecular complexity index is 585. The maximum absolute atomic E-state index is 13.5. The third-order valence-corrected chi connectivity index (χ3v) is 4.46. The van der Waals surface area contributed by atoms with Crippen molar-refractivity contribution in [3.8, 4) is 5.75 Å². The summed E-state index contributed by atoms with van der Waals surface area (Å²) in [6, 6.07) is 6.28. The summed E-state index contributed by atoms with van der Waals surface area (Å²) in [5.74, 6) is -0.345. The highest BCUT2D eigenvalue weighted by Crippen LogP contribution is 2.23. The van der Waals surface area contributed by atoms with Crippen LogP contribution in [0.2, 0.25) is 0 Å². The highest BCUT2D eigenvalue weighted by molar-refractivity contribution is 7.80. The van der Waals surface area contributed by atoms with Gasteiger partial charge in [-0.15, -0.1) is 0 Å². The van der Waals surface area contributed by atoms with Gasteiger partial charge in [-0.2, -0.15) is 0 Å². The van der Waals surface area contributed by atoms with E-state index in [-0.39, 0.29) is 5.75 Å². The zero-order valence-corrected chi connectivity index (χ0v) is 14.8. The fourth-order valence-corrected chi connectivity index (χ4v) is 2.94. The van der Waals surface area contributed by atoms with Crippen molar-refractivity contribution in [2.24, 2.45) is 5.92 Å². The Balaban J connectivity index is 1.75. The third kappa shape index (κ3) is 5.33. The van der Waals surface area contributed by atoms with E-state index in [0.29, 0.717) is 17.1 Å². The number of ether oxygens (including phenoxy) is 1. The molecule has 24 heavy (non-hydrogen) atoms. The fraction of sp³-hybridized carbons (Fsp3) is 0.529. The van der Waals surface area contributed by atoms with Crippen LogP contribution >= 0.6 is 12.2 Å². The Kier molecular flexibility index (Phi) is 6.78. The van der Waals surface area contributed by atoms with Crippen LogP contribution in [0.4, 0.5) is 4.39 Å². The van der Waals surface area contributed by atoms with Crippen LogP contribution in [-0.2, 0) is 4.79 Å². The van der Waals surface area contributed by atoms with Crippen LogP contribution in [0.5, 0.6) is 5.75 Å². The van der Waals surface area contributed by atoms with Crippen molar-refractivity contribution >= 4 is 23.2 Å². The largest absolute Gasteiger partial charge is 0.478 e. The van der Waals surface area contributed by atoms with E-state index >= 15 is 0 Å². The Hall–Kier alpha value is -1.89. The number of amides is 1. The molecule has 0 radical (unpaired) electrons.